The van der Waals surface area contributed by atoms with Gasteiger partial charge < -0.3 is 10.6 Å². The van der Waals surface area contributed by atoms with Crippen molar-refractivity contribution in [3.8, 4) is 0 Å². The molecule has 0 bridgehead atoms. The summed E-state index contributed by atoms with van der Waals surface area (Å²) in [7, 11) is 1.76. The van der Waals surface area contributed by atoms with E-state index in [9.17, 15) is 0 Å². The fourth-order valence-electron chi connectivity index (χ4n) is 1.52. The van der Waals surface area contributed by atoms with Crippen molar-refractivity contribution in [2.45, 2.75) is 26.9 Å². The first-order chi connectivity index (χ1) is 9.17. The Kier molecular flexibility index (Phi) is 7.38. The number of aryl methyl sites for hydroxylation is 2. The predicted octanol–water partition coefficient (Wildman–Crippen LogP) is 2.70. The normalized spacial score (nSPS) is 11.1. The number of guanidine groups is 1. The Balaban J connectivity index is 0.00000200. The second-order valence-corrected chi connectivity index (χ2v) is 6.63. The minimum absolute atomic E-state index is 0. The lowest BCUT2D eigenvalue weighted by Gasteiger charge is -2.09. The number of halogens is 1. The molecule has 0 fully saturated rings. The first-order valence-corrected chi connectivity index (χ1v) is 7.58. The van der Waals surface area contributed by atoms with E-state index in [1.807, 2.05) is 19.3 Å². The average Bonchev–Trinajstić information content (AvgIpc) is 2.99. The van der Waals surface area contributed by atoms with Crippen molar-refractivity contribution in [2.24, 2.45) is 4.99 Å². The van der Waals surface area contributed by atoms with Crippen LogP contribution in [0.2, 0.25) is 0 Å². The van der Waals surface area contributed by atoms with Gasteiger partial charge in [-0.05, 0) is 13.8 Å². The molecule has 2 rings (SSSR count). The minimum Gasteiger partial charge on any atom is -0.351 e. The lowest BCUT2D eigenvalue weighted by molar-refractivity contribution is 0.810. The van der Waals surface area contributed by atoms with Crippen LogP contribution in [-0.2, 0) is 13.1 Å². The maximum Gasteiger partial charge on any atom is 0.191 e. The molecule has 0 unspecified atom stereocenters. The fraction of sp³-hybridized carbons (Fsp3) is 0.417. The van der Waals surface area contributed by atoms with Crippen LogP contribution in [0.4, 0.5) is 0 Å². The van der Waals surface area contributed by atoms with Gasteiger partial charge in [0.1, 0.15) is 5.01 Å². The summed E-state index contributed by atoms with van der Waals surface area (Å²) in [6, 6.07) is 0. The van der Waals surface area contributed by atoms with E-state index in [1.165, 1.54) is 9.75 Å². The summed E-state index contributed by atoms with van der Waals surface area (Å²) in [6.45, 7) is 5.49. The Labute approximate surface area is 144 Å². The zero-order chi connectivity index (χ0) is 13.7. The van der Waals surface area contributed by atoms with Crippen LogP contribution in [0.15, 0.2) is 17.4 Å². The van der Waals surface area contributed by atoms with Gasteiger partial charge in [-0.25, -0.2) is 9.97 Å². The number of rotatable bonds is 4. The molecular weight excluding hydrogens is 405 g/mol. The Hall–Kier alpha value is -0.740. The van der Waals surface area contributed by atoms with Crippen molar-refractivity contribution in [1.82, 2.24) is 20.6 Å². The number of aromatic nitrogens is 2. The molecule has 2 heterocycles. The highest BCUT2D eigenvalue weighted by atomic mass is 127. The molecule has 0 spiro atoms. The van der Waals surface area contributed by atoms with Gasteiger partial charge in [-0.15, -0.1) is 46.7 Å². The molecule has 2 aromatic heterocycles. The largest absolute Gasteiger partial charge is 0.351 e. The molecule has 2 aromatic rings. The number of hydrogen-bond acceptors (Lipinski definition) is 5. The van der Waals surface area contributed by atoms with E-state index in [0.29, 0.717) is 6.54 Å². The van der Waals surface area contributed by atoms with Gasteiger partial charge in [-0.2, -0.15) is 0 Å². The van der Waals surface area contributed by atoms with Crippen LogP contribution in [0.25, 0.3) is 0 Å². The zero-order valence-corrected chi connectivity index (χ0v) is 15.6. The molecule has 110 valence electrons. The third-order valence-corrected chi connectivity index (χ3v) is 4.22. The Morgan fingerprint density at radius 2 is 1.90 bits per heavy atom. The van der Waals surface area contributed by atoms with E-state index in [0.717, 1.165) is 22.5 Å². The second kappa shape index (κ2) is 8.53. The van der Waals surface area contributed by atoms with Crippen molar-refractivity contribution < 1.29 is 0 Å². The van der Waals surface area contributed by atoms with E-state index in [1.54, 1.807) is 29.7 Å². The molecule has 0 aromatic carbocycles. The highest BCUT2D eigenvalue weighted by molar-refractivity contribution is 14.0. The maximum absolute atomic E-state index is 4.31. The third kappa shape index (κ3) is 5.33. The average molecular weight is 423 g/mol. The lowest BCUT2D eigenvalue weighted by Crippen LogP contribution is -2.36. The van der Waals surface area contributed by atoms with Gasteiger partial charge in [-0.3, -0.25) is 4.99 Å². The number of hydrogen-bond donors (Lipinski definition) is 2. The monoisotopic (exact) mass is 423 g/mol. The van der Waals surface area contributed by atoms with Crippen LogP contribution in [0.3, 0.4) is 0 Å². The molecule has 0 saturated heterocycles. The Bertz CT molecular complexity index is 517. The quantitative estimate of drug-likeness (QED) is 0.451. The van der Waals surface area contributed by atoms with Crippen molar-refractivity contribution in [3.05, 3.63) is 32.2 Å². The van der Waals surface area contributed by atoms with Gasteiger partial charge in [0.15, 0.2) is 5.96 Å². The molecule has 0 aliphatic rings. The Morgan fingerprint density at radius 1 is 1.15 bits per heavy atom. The molecule has 0 atom stereocenters. The second-order valence-electron chi connectivity index (χ2n) is 3.99. The van der Waals surface area contributed by atoms with Gasteiger partial charge in [0.05, 0.1) is 18.1 Å². The number of aliphatic imine (C=N–C) groups is 1. The molecule has 2 N–H and O–H groups in total. The van der Waals surface area contributed by atoms with E-state index in [2.05, 4.69) is 32.5 Å². The summed E-state index contributed by atoms with van der Waals surface area (Å²) in [6.07, 6.45) is 3.78. The topological polar surface area (TPSA) is 62.2 Å². The summed E-state index contributed by atoms with van der Waals surface area (Å²) in [5, 5.41) is 8.65. The van der Waals surface area contributed by atoms with Crippen molar-refractivity contribution >= 4 is 52.6 Å². The van der Waals surface area contributed by atoms with E-state index in [-0.39, 0.29) is 24.0 Å². The van der Waals surface area contributed by atoms with Gasteiger partial charge in [-0.1, -0.05) is 0 Å². The van der Waals surface area contributed by atoms with Crippen LogP contribution >= 0.6 is 46.7 Å². The highest BCUT2D eigenvalue weighted by Gasteiger charge is 2.03. The molecule has 5 nitrogen and oxygen atoms in total. The van der Waals surface area contributed by atoms with Crippen LogP contribution in [0.1, 0.15) is 19.8 Å². The number of nitrogens with one attached hydrogen (secondary N) is 2. The standard InChI is InChI=1S/C12H17N5S2.HI/c1-8-4-15-11(18-8)7-17-12(13-3)16-6-10-5-14-9(2)19-10;/h4-5H,6-7H2,1-3H3,(H2,13,16,17);1H. The fourth-order valence-corrected chi connectivity index (χ4v) is 2.98. The molecule has 20 heavy (non-hydrogen) atoms. The van der Waals surface area contributed by atoms with Crippen LogP contribution < -0.4 is 10.6 Å². The number of thiazole rings is 2. The third-order valence-electron chi connectivity index (χ3n) is 2.40. The van der Waals surface area contributed by atoms with Crippen molar-refractivity contribution in [3.63, 3.8) is 0 Å². The molecule has 0 amide bonds. The van der Waals surface area contributed by atoms with Crippen LogP contribution in [0, 0.1) is 13.8 Å². The van der Waals surface area contributed by atoms with Gasteiger partial charge in [0.25, 0.3) is 0 Å². The smallest absolute Gasteiger partial charge is 0.191 e. The summed E-state index contributed by atoms with van der Waals surface area (Å²) < 4.78 is 0. The molecule has 0 saturated carbocycles. The SMILES string of the molecule is CN=C(NCc1cnc(C)s1)NCc1ncc(C)s1.I. The van der Waals surface area contributed by atoms with E-state index < -0.39 is 0 Å². The van der Waals surface area contributed by atoms with Crippen molar-refractivity contribution in [2.75, 3.05) is 7.05 Å². The van der Waals surface area contributed by atoms with Crippen LogP contribution in [-0.4, -0.2) is 23.0 Å². The first-order valence-electron chi connectivity index (χ1n) is 5.94. The summed E-state index contributed by atoms with van der Waals surface area (Å²) in [5.41, 5.74) is 0. The molecule has 8 heteroatoms. The van der Waals surface area contributed by atoms with Gasteiger partial charge >= 0.3 is 0 Å². The van der Waals surface area contributed by atoms with Gasteiger partial charge in [0, 0.05) is 29.2 Å². The molecule has 0 aliphatic heterocycles. The Morgan fingerprint density at radius 3 is 2.45 bits per heavy atom. The van der Waals surface area contributed by atoms with Gasteiger partial charge in [0.2, 0.25) is 0 Å². The summed E-state index contributed by atoms with van der Waals surface area (Å²) >= 11 is 3.39. The molecule has 0 aliphatic carbocycles. The van der Waals surface area contributed by atoms with Crippen LogP contribution in [0.5, 0.6) is 0 Å². The highest BCUT2D eigenvalue weighted by Crippen LogP contribution is 2.11. The minimum atomic E-state index is 0. The maximum atomic E-state index is 4.31. The van der Waals surface area contributed by atoms with Crippen molar-refractivity contribution in [1.29, 1.82) is 0 Å². The summed E-state index contributed by atoms with van der Waals surface area (Å²) in [5.74, 6) is 0.777. The van der Waals surface area contributed by atoms with E-state index in [4.69, 9.17) is 0 Å². The first kappa shape index (κ1) is 17.3. The number of nitrogens with zero attached hydrogens (tertiary/aromatic N) is 3. The van der Waals surface area contributed by atoms with E-state index >= 15 is 0 Å². The summed E-state index contributed by atoms with van der Waals surface area (Å²) in [4.78, 5) is 15.1. The molecule has 0 radical (unpaired) electrons. The molecular formula is C12H18IN5S2. The zero-order valence-electron chi connectivity index (χ0n) is 11.6. The predicted molar refractivity (Wildman–Crippen MR) is 96.2 cm³/mol. The lowest BCUT2D eigenvalue weighted by atomic mass is 10.5.